The summed E-state index contributed by atoms with van der Waals surface area (Å²) in [6.45, 7) is 0.200. The Bertz CT molecular complexity index is 92.4. The average Bonchev–Trinajstić information content (AvgIpc) is 2.15. The first-order valence-corrected chi connectivity index (χ1v) is 3.41. The van der Waals surface area contributed by atoms with E-state index < -0.39 is 4.33 Å². The highest BCUT2D eigenvalue weighted by Crippen LogP contribution is 2.54. The third kappa shape index (κ3) is 1.28. The second kappa shape index (κ2) is 2.05. The maximum absolute atomic E-state index is 8.39. The number of hydrogen-bond donors (Lipinski definition) is 1. The summed E-state index contributed by atoms with van der Waals surface area (Å²) in [6, 6.07) is 0. The van der Waals surface area contributed by atoms with Crippen LogP contribution in [0.4, 0.5) is 0 Å². The minimum absolute atomic E-state index is 0.200. The highest BCUT2D eigenvalue weighted by molar-refractivity contribution is 6.50. The van der Waals surface area contributed by atoms with Crippen LogP contribution in [0.2, 0.25) is 0 Å². The van der Waals surface area contributed by atoms with Gasteiger partial charge in [0.25, 0.3) is 0 Å². The van der Waals surface area contributed by atoms with Crippen LogP contribution in [0.3, 0.4) is 0 Å². The van der Waals surface area contributed by atoms with E-state index in [-0.39, 0.29) is 6.61 Å². The van der Waals surface area contributed by atoms with Gasteiger partial charge in [-0.2, -0.15) is 0 Å². The van der Waals surface area contributed by atoms with Gasteiger partial charge in [0, 0.05) is 6.61 Å². The molecule has 0 saturated heterocycles. The third-order valence-corrected chi connectivity index (χ3v) is 2.36. The van der Waals surface area contributed by atoms with Gasteiger partial charge in [-0.15, -0.1) is 23.2 Å². The molecule has 3 heteroatoms. The second-order valence-corrected chi connectivity index (χ2v) is 3.72. The zero-order chi connectivity index (χ0) is 6.20. The first-order chi connectivity index (χ1) is 3.67. The highest BCUT2D eigenvalue weighted by Gasteiger charge is 2.50. The van der Waals surface area contributed by atoms with Crippen molar-refractivity contribution in [1.82, 2.24) is 0 Å². The van der Waals surface area contributed by atoms with Crippen LogP contribution in [-0.4, -0.2) is 16.0 Å². The van der Waals surface area contributed by atoms with E-state index in [1.807, 2.05) is 0 Å². The standard InChI is InChI=1S/C5H8Cl2O/c6-5(7)3-4(5)1-2-8/h4,8H,1-3H2/t4-/m1/s1. The molecule has 0 spiro atoms. The summed E-state index contributed by atoms with van der Waals surface area (Å²) in [5.74, 6) is 0.343. The summed E-state index contributed by atoms with van der Waals surface area (Å²) in [5, 5.41) is 8.39. The van der Waals surface area contributed by atoms with Gasteiger partial charge in [0.1, 0.15) is 4.33 Å². The Morgan fingerprint density at radius 2 is 2.12 bits per heavy atom. The summed E-state index contributed by atoms with van der Waals surface area (Å²) in [5.41, 5.74) is 0. The molecular weight excluding hydrogens is 147 g/mol. The molecule has 1 nitrogen and oxygen atoms in total. The number of hydrogen-bond acceptors (Lipinski definition) is 1. The van der Waals surface area contributed by atoms with Crippen LogP contribution < -0.4 is 0 Å². The van der Waals surface area contributed by atoms with Crippen molar-refractivity contribution >= 4 is 23.2 Å². The molecule has 0 unspecified atom stereocenters. The van der Waals surface area contributed by atoms with Crippen LogP contribution in [0.25, 0.3) is 0 Å². The van der Waals surface area contributed by atoms with Gasteiger partial charge in [0.05, 0.1) is 0 Å². The molecule has 0 aliphatic heterocycles. The van der Waals surface area contributed by atoms with Crippen LogP contribution in [-0.2, 0) is 0 Å². The Morgan fingerprint density at radius 1 is 1.62 bits per heavy atom. The molecule has 48 valence electrons. The monoisotopic (exact) mass is 154 g/mol. The summed E-state index contributed by atoms with van der Waals surface area (Å²) in [7, 11) is 0. The molecule has 0 radical (unpaired) electrons. The lowest BCUT2D eigenvalue weighted by molar-refractivity contribution is 0.279. The number of aliphatic hydroxyl groups excluding tert-OH is 1. The first-order valence-electron chi connectivity index (χ1n) is 2.65. The molecule has 0 aromatic heterocycles. The maximum atomic E-state index is 8.39. The summed E-state index contributed by atoms with van der Waals surface area (Å²) in [6.07, 6.45) is 1.59. The van der Waals surface area contributed by atoms with Gasteiger partial charge >= 0.3 is 0 Å². The predicted octanol–water partition coefficient (Wildman–Crippen LogP) is 1.56. The molecule has 0 bridgehead atoms. The van der Waals surface area contributed by atoms with E-state index in [0.717, 1.165) is 12.8 Å². The van der Waals surface area contributed by atoms with E-state index in [2.05, 4.69) is 0 Å². The molecule has 0 heterocycles. The first kappa shape index (κ1) is 6.66. The van der Waals surface area contributed by atoms with Gasteiger partial charge < -0.3 is 5.11 Å². The van der Waals surface area contributed by atoms with Crippen LogP contribution in [0.15, 0.2) is 0 Å². The van der Waals surface area contributed by atoms with E-state index in [9.17, 15) is 0 Å². The Morgan fingerprint density at radius 3 is 2.25 bits per heavy atom. The van der Waals surface area contributed by atoms with Crippen molar-refractivity contribution in [1.29, 1.82) is 0 Å². The van der Waals surface area contributed by atoms with E-state index >= 15 is 0 Å². The van der Waals surface area contributed by atoms with Gasteiger partial charge in [-0.1, -0.05) is 0 Å². The molecule has 1 aliphatic carbocycles. The smallest absolute Gasteiger partial charge is 0.121 e. The largest absolute Gasteiger partial charge is 0.396 e. The van der Waals surface area contributed by atoms with Crippen molar-refractivity contribution in [2.24, 2.45) is 5.92 Å². The molecule has 8 heavy (non-hydrogen) atoms. The summed E-state index contributed by atoms with van der Waals surface area (Å²) >= 11 is 11.3. The van der Waals surface area contributed by atoms with Crippen molar-refractivity contribution in [2.75, 3.05) is 6.61 Å². The van der Waals surface area contributed by atoms with Crippen molar-refractivity contribution in [3.8, 4) is 0 Å². The lowest BCUT2D eigenvalue weighted by atomic mass is 10.3. The predicted molar refractivity (Wildman–Crippen MR) is 34.2 cm³/mol. The van der Waals surface area contributed by atoms with Crippen LogP contribution in [0.1, 0.15) is 12.8 Å². The lowest BCUT2D eigenvalue weighted by Crippen LogP contribution is -1.92. The Labute approximate surface area is 58.6 Å². The Hall–Kier alpha value is 0.540. The van der Waals surface area contributed by atoms with Crippen LogP contribution in [0, 0.1) is 5.92 Å². The van der Waals surface area contributed by atoms with Gasteiger partial charge in [0.15, 0.2) is 0 Å². The van der Waals surface area contributed by atoms with Crippen LogP contribution >= 0.6 is 23.2 Å². The molecule has 0 amide bonds. The van der Waals surface area contributed by atoms with Crippen molar-refractivity contribution < 1.29 is 5.11 Å². The third-order valence-electron chi connectivity index (χ3n) is 1.43. The minimum atomic E-state index is -0.497. The minimum Gasteiger partial charge on any atom is -0.396 e. The number of aliphatic hydroxyl groups is 1. The Balaban J connectivity index is 2.17. The van der Waals surface area contributed by atoms with Gasteiger partial charge in [-0.05, 0) is 18.8 Å². The fourth-order valence-corrected chi connectivity index (χ4v) is 1.33. The van der Waals surface area contributed by atoms with Gasteiger partial charge in [-0.25, -0.2) is 0 Å². The second-order valence-electron chi connectivity index (χ2n) is 2.17. The molecule has 0 aromatic carbocycles. The molecule has 1 rings (SSSR count). The van der Waals surface area contributed by atoms with E-state index in [1.54, 1.807) is 0 Å². The van der Waals surface area contributed by atoms with Crippen molar-refractivity contribution in [3.63, 3.8) is 0 Å². The number of rotatable bonds is 2. The molecule has 1 fully saturated rings. The number of alkyl halides is 2. The van der Waals surface area contributed by atoms with E-state index in [1.165, 1.54) is 0 Å². The normalized spacial score (nSPS) is 32.6. The van der Waals surface area contributed by atoms with E-state index in [0.29, 0.717) is 5.92 Å². The quantitative estimate of drug-likeness (QED) is 0.600. The highest BCUT2D eigenvalue weighted by atomic mass is 35.5. The molecule has 1 aliphatic rings. The Kier molecular flexibility index (Phi) is 1.71. The molecule has 1 saturated carbocycles. The van der Waals surface area contributed by atoms with Crippen molar-refractivity contribution in [2.45, 2.75) is 17.2 Å². The maximum Gasteiger partial charge on any atom is 0.121 e. The fourth-order valence-electron chi connectivity index (χ4n) is 0.739. The van der Waals surface area contributed by atoms with Gasteiger partial charge in [-0.3, -0.25) is 0 Å². The zero-order valence-electron chi connectivity index (χ0n) is 4.40. The lowest BCUT2D eigenvalue weighted by Gasteiger charge is -1.93. The molecule has 0 aromatic rings. The number of halogens is 2. The summed E-state index contributed by atoms with van der Waals surface area (Å²) < 4.78 is -0.497. The van der Waals surface area contributed by atoms with Gasteiger partial charge in [0.2, 0.25) is 0 Å². The molecule has 1 N–H and O–H groups in total. The zero-order valence-corrected chi connectivity index (χ0v) is 5.91. The topological polar surface area (TPSA) is 20.2 Å². The summed E-state index contributed by atoms with van der Waals surface area (Å²) in [4.78, 5) is 0. The van der Waals surface area contributed by atoms with Crippen LogP contribution in [0.5, 0.6) is 0 Å². The molecule has 1 atom stereocenters. The van der Waals surface area contributed by atoms with E-state index in [4.69, 9.17) is 28.3 Å². The van der Waals surface area contributed by atoms with Crippen molar-refractivity contribution in [3.05, 3.63) is 0 Å². The SMILES string of the molecule is OCC[C@@H]1CC1(Cl)Cl. The fraction of sp³-hybridized carbons (Fsp3) is 1.00. The average molecular weight is 155 g/mol. The molecular formula is C5H8Cl2O.